The smallest absolute Gasteiger partial charge is 0.328 e. The van der Waals surface area contributed by atoms with Gasteiger partial charge in [-0.15, -0.1) is 0 Å². The van der Waals surface area contributed by atoms with Gasteiger partial charge in [0.2, 0.25) is 17.7 Å². The van der Waals surface area contributed by atoms with Crippen LogP contribution < -0.4 is 16.0 Å². The van der Waals surface area contributed by atoms with Gasteiger partial charge in [-0.25, -0.2) is 14.4 Å². The maximum Gasteiger partial charge on any atom is 0.328 e. The zero-order valence-corrected chi connectivity index (χ0v) is 27.5. The van der Waals surface area contributed by atoms with Crippen LogP contribution in [0, 0.1) is 5.92 Å². The van der Waals surface area contributed by atoms with Crippen molar-refractivity contribution in [2.45, 2.75) is 106 Å². The van der Waals surface area contributed by atoms with E-state index >= 15 is 0 Å². The number of hydrogen-bond donors (Lipinski definition) is 3. The average Bonchev–Trinajstić information content (AvgIpc) is 2.89. The molecule has 0 aromatic rings. The molecule has 0 aromatic carbocycles. The minimum absolute atomic E-state index is 0.204. The molecule has 0 aliphatic rings. The monoisotopic (exact) mass is 599 g/mol. The summed E-state index contributed by atoms with van der Waals surface area (Å²) < 4.78 is 13.7. The molecule has 0 rings (SSSR count). The first-order valence-corrected chi connectivity index (χ1v) is 13.7. The van der Waals surface area contributed by atoms with Gasteiger partial charge >= 0.3 is 17.9 Å². The van der Waals surface area contributed by atoms with Crippen molar-refractivity contribution in [2.24, 2.45) is 5.92 Å². The lowest BCUT2D eigenvalue weighted by atomic mass is 10.0. The highest BCUT2D eigenvalue weighted by molar-refractivity contribution is 5.84. The van der Waals surface area contributed by atoms with E-state index in [9.17, 15) is 28.8 Å². The zero-order chi connectivity index (χ0) is 33.4. The first-order valence-electron chi connectivity index (χ1n) is 13.7. The summed E-state index contributed by atoms with van der Waals surface area (Å²) >= 11 is 0. The van der Waals surface area contributed by atoms with E-state index in [2.05, 4.69) is 44.0 Å². The van der Waals surface area contributed by atoms with E-state index in [-0.39, 0.29) is 23.7 Å². The first-order chi connectivity index (χ1) is 19.4. The highest BCUT2D eigenvalue weighted by atomic mass is 16.5. The maximum atomic E-state index is 11.2. The topological polar surface area (TPSA) is 166 Å². The molecule has 3 atom stereocenters. The molecule has 0 unspecified atom stereocenters. The zero-order valence-electron chi connectivity index (χ0n) is 27.5. The summed E-state index contributed by atoms with van der Waals surface area (Å²) in [6.45, 7) is 16.0. The molecule has 0 heterocycles. The number of nitrogens with one attached hydrogen (secondary N) is 3. The summed E-state index contributed by atoms with van der Waals surface area (Å²) in [6.07, 6.45) is 6.22. The summed E-state index contributed by atoms with van der Waals surface area (Å²) in [5.74, 6) is -1.37. The van der Waals surface area contributed by atoms with Gasteiger partial charge in [-0.2, -0.15) is 0 Å². The molecule has 0 aliphatic heterocycles. The van der Waals surface area contributed by atoms with Gasteiger partial charge in [0.25, 0.3) is 0 Å². The predicted molar refractivity (Wildman–Crippen MR) is 161 cm³/mol. The maximum absolute atomic E-state index is 11.2. The Morgan fingerprint density at radius 3 is 1.05 bits per heavy atom. The number of ether oxygens (including phenoxy) is 3. The normalized spacial score (nSPS) is 11.7. The van der Waals surface area contributed by atoms with E-state index in [1.54, 1.807) is 0 Å². The van der Waals surface area contributed by atoms with Gasteiger partial charge in [-0.05, 0) is 59.3 Å². The minimum Gasteiger partial charge on any atom is -0.467 e. The Morgan fingerprint density at radius 1 is 0.524 bits per heavy atom. The van der Waals surface area contributed by atoms with E-state index in [0.29, 0.717) is 25.2 Å². The number of methoxy groups -OCH3 is 3. The molecular formula is C30H53N3O9. The third-order valence-electron chi connectivity index (χ3n) is 5.15. The Bertz CT molecular complexity index is 867. The molecule has 0 aliphatic carbocycles. The van der Waals surface area contributed by atoms with Gasteiger partial charge in [0.15, 0.2) is 0 Å². The first kappa shape index (κ1) is 42.8. The fourth-order valence-corrected chi connectivity index (χ4v) is 3.05. The van der Waals surface area contributed by atoms with Crippen molar-refractivity contribution in [2.75, 3.05) is 21.3 Å². The van der Waals surface area contributed by atoms with Crippen LogP contribution in [0.3, 0.4) is 0 Å². The van der Waals surface area contributed by atoms with E-state index in [1.807, 2.05) is 39.8 Å². The van der Waals surface area contributed by atoms with Crippen molar-refractivity contribution in [1.29, 1.82) is 0 Å². The summed E-state index contributed by atoms with van der Waals surface area (Å²) in [5, 5.41) is 7.63. The molecule has 12 heteroatoms. The SMILES string of the molecule is COC(=O)[C@H](CC=C(C)C)NC(C)=O.COC(=O)[C@H](CC=C(C)C)NC(C)=O.COC(=O)[C@H](CCC(C)C)NC(C)=O. The van der Waals surface area contributed by atoms with E-state index in [4.69, 9.17) is 0 Å². The summed E-state index contributed by atoms with van der Waals surface area (Å²) in [4.78, 5) is 66.0. The lowest BCUT2D eigenvalue weighted by Crippen LogP contribution is -2.40. The molecule has 0 saturated carbocycles. The lowest BCUT2D eigenvalue weighted by molar-refractivity contribution is -0.145. The van der Waals surface area contributed by atoms with Crippen molar-refractivity contribution in [3.8, 4) is 0 Å². The van der Waals surface area contributed by atoms with Crippen LogP contribution in [0.4, 0.5) is 0 Å². The van der Waals surface area contributed by atoms with Crippen molar-refractivity contribution in [3.63, 3.8) is 0 Å². The molecule has 0 fully saturated rings. The molecule has 12 nitrogen and oxygen atoms in total. The Morgan fingerprint density at radius 2 is 0.810 bits per heavy atom. The second-order valence-corrected chi connectivity index (χ2v) is 10.3. The minimum atomic E-state index is -0.576. The third-order valence-corrected chi connectivity index (χ3v) is 5.15. The van der Waals surface area contributed by atoms with E-state index in [0.717, 1.165) is 17.6 Å². The number of carbonyl (C=O) groups is 6. The number of hydrogen-bond acceptors (Lipinski definition) is 9. The fourth-order valence-electron chi connectivity index (χ4n) is 3.05. The van der Waals surface area contributed by atoms with Crippen molar-refractivity contribution in [1.82, 2.24) is 16.0 Å². The van der Waals surface area contributed by atoms with Crippen molar-refractivity contribution in [3.05, 3.63) is 23.3 Å². The summed E-state index contributed by atoms with van der Waals surface area (Å²) in [5.41, 5.74) is 2.20. The van der Waals surface area contributed by atoms with Crippen LogP contribution in [0.15, 0.2) is 23.3 Å². The van der Waals surface area contributed by atoms with Gasteiger partial charge in [0.1, 0.15) is 18.1 Å². The molecule has 0 aromatic heterocycles. The Kier molecular flexibility index (Phi) is 25.5. The second-order valence-electron chi connectivity index (χ2n) is 10.3. The van der Waals surface area contributed by atoms with Gasteiger partial charge in [0, 0.05) is 20.8 Å². The van der Waals surface area contributed by atoms with Crippen LogP contribution in [-0.4, -0.2) is 75.1 Å². The molecule has 3 N–H and O–H groups in total. The third kappa shape index (κ3) is 26.5. The molecule has 42 heavy (non-hydrogen) atoms. The largest absolute Gasteiger partial charge is 0.467 e. The Labute approximate surface area is 251 Å². The lowest BCUT2D eigenvalue weighted by Gasteiger charge is -2.16. The standard InChI is InChI=1S/C10H19NO3.2C10H17NO3/c3*1-7(2)5-6-9(10(13)14-4)11-8(3)12/h7,9H,5-6H2,1-4H3,(H,11,12);2*5,9H,6H2,1-4H3,(H,11,12)/t3*9-/m000/s1. The molecule has 0 radical (unpaired) electrons. The van der Waals surface area contributed by atoms with Crippen LogP contribution in [0.1, 0.15) is 88.0 Å². The predicted octanol–water partition coefficient (Wildman–Crippen LogP) is 3.14. The van der Waals surface area contributed by atoms with Crippen molar-refractivity contribution < 1.29 is 43.0 Å². The highest BCUT2D eigenvalue weighted by Gasteiger charge is 2.20. The van der Waals surface area contributed by atoms with Crippen molar-refractivity contribution >= 4 is 35.6 Å². The van der Waals surface area contributed by atoms with E-state index < -0.39 is 30.1 Å². The molecular weight excluding hydrogens is 546 g/mol. The summed E-state index contributed by atoms with van der Waals surface area (Å²) in [6, 6.07) is -1.65. The number of allylic oxidation sites excluding steroid dienone is 2. The molecule has 3 amide bonds. The number of esters is 3. The number of rotatable bonds is 13. The Hall–Kier alpha value is -3.70. The second kappa shape index (κ2) is 25.0. The quantitative estimate of drug-likeness (QED) is 0.164. The van der Waals surface area contributed by atoms with E-state index in [1.165, 1.54) is 42.1 Å². The molecule has 242 valence electrons. The average molecular weight is 600 g/mol. The van der Waals surface area contributed by atoms with Gasteiger partial charge in [0.05, 0.1) is 21.3 Å². The van der Waals surface area contributed by atoms with Crippen LogP contribution in [-0.2, 0) is 43.0 Å². The van der Waals surface area contributed by atoms with Crippen LogP contribution in [0.2, 0.25) is 0 Å². The van der Waals surface area contributed by atoms with Gasteiger partial charge in [-0.1, -0.05) is 37.1 Å². The molecule has 0 saturated heterocycles. The molecule has 0 bridgehead atoms. The van der Waals surface area contributed by atoms with Gasteiger partial charge < -0.3 is 30.2 Å². The highest BCUT2D eigenvalue weighted by Crippen LogP contribution is 2.08. The van der Waals surface area contributed by atoms with Crippen LogP contribution in [0.25, 0.3) is 0 Å². The van der Waals surface area contributed by atoms with Crippen LogP contribution >= 0.6 is 0 Å². The summed E-state index contributed by atoms with van der Waals surface area (Å²) in [7, 11) is 3.94. The fraction of sp³-hybridized carbons (Fsp3) is 0.667. The Balaban J connectivity index is -0.000000543. The number of carbonyl (C=O) groups excluding carboxylic acids is 6. The number of amides is 3. The molecule has 0 spiro atoms. The van der Waals surface area contributed by atoms with Crippen LogP contribution in [0.5, 0.6) is 0 Å². The van der Waals surface area contributed by atoms with Gasteiger partial charge in [-0.3, -0.25) is 14.4 Å².